The van der Waals surface area contributed by atoms with Crippen LogP contribution in [0.4, 0.5) is 10.5 Å². The van der Waals surface area contributed by atoms with Crippen molar-refractivity contribution in [2.45, 2.75) is 13.8 Å². The van der Waals surface area contributed by atoms with Gasteiger partial charge in [-0.25, -0.2) is 4.79 Å². The summed E-state index contributed by atoms with van der Waals surface area (Å²) in [5, 5.41) is 1.03. The molecular formula is C21H22N2O5. The van der Waals surface area contributed by atoms with Crippen molar-refractivity contribution >= 4 is 23.1 Å². The number of carbonyl (C=O) groups is 2. The van der Waals surface area contributed by atoms with Crippen LogP contribution in [0.2, 0.25) is 0 Å². The van der Waals surface area contributed by atoms with Crippen LogP contribution in [0, 0.1) is 6.92 Å². The number of ether oxygens (including phenoxy) is 2. The van der Waals surface area contributed by atoms with E-state index in [1.807, 2.05) is 35.7 Å². The summed E-state index contributed by atoms with van der Waals surface area (Å²) in [5.41, 5.74) is 3.09. The van der Waals surface area contributed by atoms with Gasteiger partial charge in [0.05, 0.1) is 32.0 Å². The molecule has 2 heterocycles. The Morgan fingerprint density at radius 1 is 1.07 bits per heavy atom. The highest BCUT2D eigenvalue weighted by Gasteiger charge is 2.23. The summed E-state index contributed by atoms with van der Waals surface area (Å²) in [6.07, 6.45) is 1.21. The Labute approximate surface area is 163 Å². The van der Waals surface area contributed by atoms with Crippen molar-refractivity contribution in [2.24, 2.45) is 0 Å². The monoisotopic (exact) mass is 382 g/mol. The highest BCUT2D eigenvalue weighted by Crippen LogP contribution is 2.32. The van der Waals surface area contributed by atoms with E-state index in [2.05, 4.69) is 0 Å². The summed E-state index contributed by atoms with van der Waals surface area (Å²) in [5.74, 6) is 0.530. The molecule has 0 saturated carbocycles. The van der Waals surface area contributed by atoms with Crippen molar-refractivity contribution in [1.82, 2.24) is 4.40 Å². The van der Waals surface area contributed by atoms with Gasteiger partial charge in [0.2, 0.25) is 5.78 Å². The Kier molecular flexibility index (Phi) is 5.65. The van der Waals surface area contributed by atoms with E-state index < -0.39 is 6.09 Å². The third-order valence-corrected chi connectivity index (χ3v) is 4.43. The number of ketones is 1. The number of rotatable bonds is 6. The highest BCUT2D eigenvalue weighted by atomic mass is 16.7. The minimum Gasteiger partial charge on any atom is -0.494 e. The first-order valence-electron chi connectivity index (χ1n) is 8.82. The van der Waals surface area contributed by atoms with E-state index >= 15 is 0 Å². The van der Waals surface area contributed by atoms with Crippen LogP contribution in [0.3, 0.4) is 0 Å². The number of methoxy groups -OCH3 is 1. The number of hydroxylamine groups is 1. The molecule has 0 bridgehead atoms. The molecule has 1 amide bonds. The largest absolute Gasteiger partial charge is 0.494 e. The van der Waals surface area contributed by atoms with Gasteiger partial charge in [-0.05, 0) is 50.2 Å². The molecule has 0 radical (unpaired) electrons. The topological polar surface area (TPSA) is 69.5 Å². The summed E-state index contributed by atoms with van der Waals surface area (Å²) in [4.78, 5) is 30.2. The minimum atomic E-state index is -0.623. The van der Waals surface area contributed by atoms with Gasteiger partial charge >= 0.3 is 6.09 Å². The van der Waals surface area contributed by atoms with E-state index in [1.165, 1.54) is 7.11 Å². The van der Waals surface area contributed by atoms with Crippen LogP contribution in [0.25, 0.3) is 5.52 Å². The number of hydrogen-bond donors (Lipinski definition) is 0. The third-order valence-electron chi connectivity index (χ3n) is 4.43. The Morgan fingerprint density at radius 2 is 1.79 bits per heavy atom. The molecule has 0 aliphatic carbocycles. The zero-order valence-corrected chi connectivity index (χ0v) is 16.3. The molecule has 3 rings (SSSR count). The number of aromatic nitrogens is 1. The maximum Gasteiger partial charge on any atom is 0.438 e. The first kappa shape index (κ1) is 19.4. The van der Waals surface area contributed by atoms with Gasteiger partial charge in [-0.15, -0.1) is 0 Å². The average Bonchev–Trinajstić information content (AvgIpc) is 2.99. The van der Waals surface area contributed by atoms with E-state index in [0.29, 0.717) is 22.7 Å². The Balaban J connectivity index is 1.97. The number of fused-ring (bicyclic) bond motifs is 1. The average molecular weight is 382 g/mol. The van der Waals surface area contributed by atoms with Gasteiger partial charge in [0.1, 0.15) is 11.4 Å². The van der Waals surface area contributed by atoms with Crippen molar-refractivity contribution in [3.63, 3.8) is 0 Å². The zero-order valence-electron chi connectivity index (χ0n) is 16.3. The number of carbonyl (C=O) groups excluding carboxylic acids is 2. The summed E-state index contributed by atoms with van der Waals surface area (Å²) in [6, 6.07) is 12.2. The fourth-order valence-corrected chi connectivity index (χ4v) is 3.19. The van der Waals surface area contributed by atoms with Crippen LogP contribution in [0.5, 0.6) is 5.75 Å². The normalized spacial score (nSPS) is 10.7. The lowest BCUT2D eigenvalue weighted by Gasteiger charge is -2.18. The Morgan fingerprint density at radius 3 is 2.39 bits per heavy atom. The fraction of sp³-hybridized carbons (Fsp3) is 0.238. The molecule has 2 aromatic heterocycles. The second-order valence-electron chi connectivity index (χ2n) is 6.01. The van der Waals surface area contributed by atoms with Crippen LogP contribution in [-0.4, -0.2) is 37.1 Å². The lowest BCUT2D eigenvalue weighted by molar-refractivity contribution is 0.103. The molecule has 0 N–H and O–H groups in total. The summed E-state index contributed by atoms with van der Waals surface area (Å²) < 4.78 is 12.3. The summed E-state index contributed by atoms with van der Waals surface area (Å²) in [7, 11) is 2.96. The van der Waals surface area contributed by atoms with Gasteiger partial charge in [-0.1, -0.05) is 6.07 Å². The SMILES string of the molecule is CCOC(=O)N(OC)c1ccc(C(=O)c2c(C)c(OC)c3ccccn23)cc1. The predicted octanol–water partition coefficient (Wildman–Crippen LogP) is 4.01. The van der Waals surface area contributed by atoms with Crippen LogP contribution in [0.15, 0.2) is 48.7 Å². The van der Waals surface area contributed by atoms with E-state index in [0.717, 1.165) is 16.1 Å². The summed E-state index contributed by atoms with van der Waals surface area (Å²) >= 11 is 0. The fourth-order valence-electron chi connectivity index (χ4n) is 3.19. The van der Waals surface area contributed by atoms with Crippen molar-refractivity contribution in [3.05, 3.63) is 65.5 Å². The van der Waals surface area contributed by atoms with Gasteiger partial charge in [-0.3, -0.25) is 9.63 Å². The lowest BCUT2D eigenvalue weighted by Crippen LogP contribution is -2.30. The molecule has 28 heavy (non-hydrogen) atoms. The van der Waals surface area contributed by atoms with Crippen molar-refractivity contribution in [3.8, 4) is 5.75 Å². The second kappa shape index (κ2) is 8.14. The molecule has 3 aromatic rings. The van der Waals surface area contributed by atoms with E-state index in [4.69, 9.17) is 14.3 Å². The first-order chi connectivity index (χ1) is 13.5. The van der Waals surface area contributed by atoms with Crippen LogP contribution in [-0.2, 0) is 9.57 Å². The lowest BCUT2D eigenvalue weighted by atomic mass is 10.1. The third kappa shape index (κ3) is 3.32. The maximum absolute atomic E-state index is 13.2. The zero-order chi connectivity index (χ0) is 20.3. The Hall–Kier alpha value is -3.32. The first-order valence-corrected chi connectivity index (χ1v) is 8.82. The molecule has 146 valence electrons. The molecule has 0 unspecified atom stereocenters. The molecule has 0 saturated heterocycles. The number of pyridine rings is 1. The van der Waals surface area contributed by atoms with Crippen LogP contribution >= 0.6 is 0 Å². The van der Waals surface area contributed by atoms with Gasteiger partial charge in [0.15, 0.2) is 0 Å². The number of anilines is 1. The van der Waals surface area contributed by atoms with Crippen LogP contribution in [0.1, 0.15) is 28.5 Å². The highest BCUT2D eigenvalue weighted by molar-refractivity contribution is 6.10. The van der Waals surface area contributed by atoms with Crippen molar-refractivity contribution < 1.29 is 23.9 Å². The standard InChI is InChI=1S/C21H22N2O5/c1-5-28-21(25)23(27-4)16-11-9-15(10-12-16)19(24)18-14(2)20(26-3)17-8-6-7-13-22(17)18/h6-13H,5H2,1-4H3. The number of nitrogens with zero attached hydrogens (tertiary/aromatic N) is 2. The molecule has 0 spiro atoms. The summed E-state index contributed by atoms with van der Waals surface area (Å²) in [6.45, 7) is 3.81. The Bertz CT molecular complexity index is 1010. The van der Waals surface area contributed by atoms with Gasteiger partial charge in [0.25, 0.3) is 0 Å². The molecule has 7 heteroatoms. The van der Waals surface area contributed by atoms with Crippen LogP contribution < -0.4 is 9.80 Å². The van der Waals surface area contributed by atoms with Gasteiger partial charge in [0, 0.05) is 17.3 Å². The van der Waals surface area contributed by atoms with Gasteiger partial charge in [-0.2, -0.15) is 5.06 Å². The quantitative estimate of drug-likeness (QED) is 0.476. The molecular weight excluding hydrogens is 360 g/mol. The predicted molar refractivity (Wildman–Crippen MR) is 105 cm³/mol. The molecule has 0 aliphatic heterocycles. The van der Waals surface area contributed by atoms with Crippen molar-refractivity contribution in [2.75, 3.05) is 25.9 Å². The smallest absolute Gasteiger partial charge is 0.438 e. The minimum absolute atomic E-state index is 0.145. The number of benzene rings is 1. The molecule has 7 nitrogen and oxygen atoms in total. The maximum atomic E-state index is 13.2. The van der Waals surface area contributed by atoms with E-state index in [-0.39, 0.29) is 12.4 Å². The van der Waals surface area contributed by atoms with Gasteiger partial charge < -0.3 is 13.9 Å². The number of hydrogen-bond acceptors (Lipinski definition) is 5. The molecule has 0 aliphatic rings. The molecule has 0 atom stereocenters. The van der Waals surface area contributed by atoms with E-state index in [1.54, 1.807) is 38.3 Å². The second-order valence-corrected chi connectivity index (χ2v) is 6.01. The van der Waals surface area contributed by atoms with Crippen molar-refractivity contribution in [1.29, 1.82) is 0 Å². The number of amides is 1. The molecule has 1 aromatic carbocycles. The molecule has 0 fully saturated rings. The van der Waals surface area contributed by atoms with E-state index in [9.17, 15) is 9.59 Å².